The number of methoxy groups -OCH3 is 3. The molecule has 0 aliphatic rings. The van der Waals surface area contributed by atoms with Crippen LogP contribution in [0.2, 0.25) is 0 Å². The second kappa shape index (κ2) is 11.5. The van der Waals surface area contributed by atoms with Crippen molar-refractivity contribution in [2.45, 2.75) is 26.4 Å². The van der Waals surface area contributed by atoms with E-state index >= 15 is 0 Å². The Balaban J connectivity index is 2.48. The average Bonchev–Trinajstić information content (AvgIpc) is 2.81. The quantitative estimate of drug-likeness (QED) is 0.329. The van der Waals surface area contributed by atoms with Crippen LogP contribution < -0.4 is 23.7 Å². The van der Waals surface area contributed by atoms with Gasteiger partial charge in [-0.25, -0.2) is 0 Å². The predicted octanol–water partition coefficient (Wildman–Crippen LogP) is 4.75. The molecular weight excluding hydrogens is 435 g/mol. The number of benzene rings is 2. The highest BCUT2D eigenvalue weighted by atomic mass is 31.1. The number of carbonyl (C=O) groups is 2. The number of ketones is 1. The lowest BCUT2D eigenvalue weighted by Gasteiger charge is -2.18. The van der Waals surface area contributed by atoms with Crippen molar-refractivity contribution in [2.75, 3.05) is 34.5 Å². The summed E-state index contributed by atoms with van der Waals surface area (Å²) in [5, 5.41) is 0. The molecule has 0 aliphatic carbocycles. The Morgan fingerprint density at radius 2 is 1.34 bits per heavy atom. The zero-order valence-corrected chi connectivity index (χ0v) is 20.0. The molecule has 0 aliphatic heterocycles. The molecule has 2 rings (SSSR count). The summed E-state index contributed by atoms with van der Waals surface area (Å²) in [6.07, 6.45) is 0. The number of hydrogen-bond donors (Lipinski definition) is 0. The molecule has 0 saturated heterocycles. The van der Waals surface area contributed by atoms with Crippen molar-refractivity contribution >= 4 is 19.1 Å². The minimum absolute atomic E-state index is 0.0142. The van der Waals surface area contributed by atoms with Gasteiger partial charge < -0.3 is 23.7 Å². The Bertz CT molecular complexity index is 952. The van der Waals surface area contributed by atoms with E-state index in [1.807, 2.05) is 0 Å². The molecule has 0 heterocycles. The molecule has 0 saturated carbocycles. The maximum atomic E-state index is 13.3. The largest absolute Gasteiger partial charge is 0.496 e. The van der Waals surface area contributed by atoms with Crippen molar-refractivity contribution in [1.29, 1.82) is 0 Å². The van der Waals surface area contributed by atoms with Gasteiger partial charge in [-0.2, -0.15) is 0 Å². The van der Waals surface area contributed by atoms with Gasteiger partial charge in [0.2, 0.25) is 5.52 Å². The molecule has 2 atom stereocenters. The van der Waals surface area contributed by atoms with Crippen LogP contribution in [0.25, 0.3) is 0 Å². The summed E-state index contributed by atoms with van der Waals surface area (Å²) >= 11 is 0. The number of hydrogen-bond acceptors (Lipinski definition) is 8. The highest BCUT2D eigenvalue weighted by Gasteiger charge is 2.35. The minimum atomic E-state index is -2.69. The van der Waals surface area contributed by atoms with E-state index in [2.05, 4.69) is 0 Å². The molecule has 0 spiro atoms. The van der Waals surface area contributed by atoms with Gasteiger partial charge in [-0.1, -0.05) is 6.07 Å². The van der Waals surface area contributed by atoms with Gasteiger partial charge in [0, 0.05) is 12.1 Å². The maximum absolute atomic E-state index is 13.3. The van der Waals surface area contributed by atoms with Crippen LogP contribution in [0.5, 0.6) is 28.7 Å². The third kappa shape index (κ3) is 5.19. The highest BCUT2D eigenvalue weighted by molar-refractivity contribution is 7.66. The normalized spacial score (nSPS) is 11.9. The first-order valence-electron chi connectivity index (χ1n) is 10.1. The van der Waals surface area contributed by atoms with Gasteiger partial charge in [-0.05, 0) is 32.9 Å². The molecule has 1 radical (unpaired) electrons. The SMILES string of the molecule is CCOc1cccc(OCC)c1C(=O)C(C)[P](=O)C(=O)c1c(OC)cc(OC)cc1OC. The Labute approximate surface area is 188 Å². The van der Waals surface area contributed by atoms with Crippen LogP contribution in [0.15, 0.2) is 30.3 Å². The molecule has 9 heteroatoms. The van der Waals surface area contributed by atoms with E-state index in [1.54, 1.807) is 32.0 Å². The summed E-state index contributed by atoms with van der Waals surface area (Å²) in [5.41, 5.74) is -1.76. The van der Waals surface area contributed by atoms with E-state index in [-0.39, 0.29) is 22.6 Å². The number of ether oxygens (including phenoxy) is 5. The molecule has 2 unspecified atom stereocenters. The first-order valence-corrected chi connectivity index (χ1v) is 11.4. The van der Waals surface area contributed by atoms with Gasteiger partial charge >= 0.3 is 0 Å². The van der Waals surface area contributed by atoms with Gasteiger partial charge in [0.25, 0.3) is 0 Å². The summed E-state index contributed by atoms with van der Waals surface area (Å²) in [6.45, 7) is 5.68. The molecule has 0 aromatic heterocycles. The summed E-state index contributed by atoms with van der Waals surface area (Å²) in [6, 6.07) is 7.95. The molecule has 0 fully saturated rings. The lowest BCUT2D eigenvalue weighted by atomic mass is 10.1. The van der Waals surface area contributed by atoms with E-state index in [4.69, 9.17) is 23.7 Å². The fourth-order valence-corrected chi connectivity index (χ4v) is 4.26. The van der Waals surface area contributed by atoms with E-state index in [1.165, 1.54) is 40.4 Å². The number of Topliss-reactive ketones (excluding diaryl/α,β-unsaturated/α-hetero) is 1. The van der Waals surface area contributed by atoms with Crippen LogP contribution in [0.3, 0.4) is 0 Å². The summed E-state index contributed by atoms with van der Waals surface area (Å²) < 4.78 is 40.2. The van der Waals surface area contributed by atoms with Gasteiger partial charge in [-0.3, -0.25) is 14.2 Å². The van der Waals surface area contributed by atoms with Crippen molar-refractivity contribution in [1.82, 2.24) is 0 Å². The van der Waals surface area contributed by atoms with Crippen molar-refractivity contribution in [3.8, 4) is 28.7 Å². The standard InChI is InChI=1S/C23H28O8P/c1-7-30-16-10-9-11-17(31-8-2)20(16)22(24)14(3)32(26)23(25)21-18(28-5)12-15(27-4)13-19(21)29-6/h9-14H,7-8H2,1-6H3. The second-order valence-electron chi connectivity index (χ2n) is 6.57. The molecule has 2 aromatic carbocycles. The Morgan fingerprint density at radius 3 is 1.75 bits per heavy atom. The van der Waals surface area contributed by atoms with E-state index in [0.717, 1.165) is 0 Å². The van der Waals surface area contributed by atoms with Gasteiger partial charge in [0.1, 0.15) is 39.9 Å². The lowest BCUT2D eigenvalue weighted by Crippen LogP contribution is -2.19. The predicted molar refractivity (Wildman–Crippen MR) is 121 cm³/mol. The van der Waals surface area contributed by atoms with Crippen LogP contribution in [0.1, 0.15) is 41.5 Å². The van der Waals surface area contributed by atoms with E-state index in [9.17, 15) is 14.2 Å². The Morgan fingerprint density at radius 1 is 0.844 bits per heavy atom. The molecule has 2 aromatic rings. The fraction of sp³-hybridized carbons (Fsp3) is 0.391. The molecule has 173 valence electrons. The first-order chi connectivity index (χ1) is 15.3. The fourth-order valence-electron chi connectivity index (χ4n) is 3.12. The van der Waals surface area contributed by atoms with Crippen LogP contribution in [0, 0.1) is 0 Å². The minimum Gasteiger partial charge on any atom is -0.496 e. The molecular formula is C23H28O8P. The smallest absolute Gasteiger partial charge is 0.250 e. The van der Waals surface area contributed by atoms with Crippen LogP contribution in [-0.2, 0) is 4.57 Å². The molecule has 0 N–H and O–H groups in total. The Kier molecular flexibility index (Phi) is 9.02. The monoisotopic (exact) mass is 463 g/mol. The van der Waals surface area contributed by atoms with Crippen molar-refractivity contribution in [3.05, 3.63) is 41.5 Å². The summed E-state index contributed by atoms with van der Waals surface area (Å²) in [7, 11) is 1.52. The van der Waals surface area contributed by atoms with E-state index in [0.29, 0.717) is 30.5 Å². The van der Waals surface area contributed by atoms with Crippen molar-refractivity contribution in [2.24, 2.45) is 0 Å². The maximum Gasteiger partial charge on any atom is 0.250 e. The summed E-state index contributed by atoms with van der Waals surface area (Å²) in [4.78, 5) is 26.5. The van der Waals surface area contributed by atoms with Crippen LogP contribution >= 0.6 is 7.80 Å². The Hall–Kier alpha value is -3.12. The zero-order valence-electron chi connectivity index (χ0n) is 19.1. The van der Waals surface area contributed by atoms with Crippen molar-refractivity contribution < 1.29 is 37.8 Å². The van der Waals surface area contributed by atoms with Gasteiger partial charge in [0.05, 0.1) is 40.2 Å². The van der Waals surface area contributed by atoms with Crippen LogP contribution in [0.4, 0.5) is 0 Å². The average molecular weight is 463 g/mol. The third-order valence-electron chi connectivity index (χ3n) is 4.69. The first kappa shape index (κ1) is 25.1. The topological polar surface area (TPSA) is 97.4 Å². The lowest BCUT2D eigenvalue weighted by molar-refractivity contribution is 0.0974. The zero-order chi connectivity index (χ0) is 23.8. The van der Waals surface area contributed by atoms with E-state index < -0.39 is 24.8 Å². The second-order valence-corrected chi connectivity index (χ2v) is 8.41. The molecule has 32 heavy (non-hydrogen) atoms. The third-order valence-corrected chi connectivity index (χ3v) is 6.26. The molecule has 0 amide bonds. The molecule has 8 nitrogen and oxygen atoms in total. The van der Waals surface area contributed by atoms with Crippen molar-refractivity contribution in [3.63, 3.8) is 0 Å². The highest BCUT2D eigenvalue weighted by Crippen LogP contribution is 2.44. The van der Waals surface area contributed by atoms with Crippen LogP contribution in [-0.4, -0.2) is 51.5 Å². The summed E-state index contributed by atoms with van der Waals surface area (Å²) in [5.74, 6) is 0.786. The van der Waals surface area contributed by atoms with Gasteiger partial charge in [0.15, 0.2) is 13.6 Å². The number of rotatable bonds is 12. The number of carbonyl (C=O) groups excluding carboxylic acids is 2. The van der Waals surface area contributed by atoms with Gasteiger partial charge in [-0.15, -0.1) is 0 Å². The molecule has 0 bridgehead atoms.